The summed E-state index contributed by atoms with van der Waals surface area (Å²) in [4.78, 5) is 32.2. The number of rotatable bonds is 5. The summed E-state index contributed by atoms with van der Waals surface area (Å²) in [5.74, 6) is -1.00. The van der Waals surface area contributed by atoms with E-state index < -0.39 is 17.9 Å². The topological polar surface area (TPSA) is 112 Å². The number of amides is 1. The number of aromatic nitrogens is 3. The highest BCUT2D eigenvalue weighted by atomic mass is 35.5. The number of anilines is 1. The minimum atomic E-state index is -0.810. The molecule has 3 N–H and O–H groups in total. The molecule has 0 aliphatic heterocycles. The zero-order valence-electron chi connectivity index (χ0n) is 14.1. The van der Waals surface area contributed by atoms with Gasteiger partial charge in [0.1, 0.15) is 6.04 Å². The molecule has 0 aliphatic rings. The van der Waals surface area contributed by atoms with E-state index in [1.165, 1.54) is 19.5 Å². The van der Waals surface area contributed by atoms with E-state index in [1.54, 1.807) is 28.9 Å². The molecule has 3 rings (SSSR count). The minimum Gasteiger partial charge on any atom is -0.468 e. The summed E-state index contributed by atoms with van der Waals surface area (Å²) in [5, 5.41) is 3.02. The molecule has 8 nitrogen and oxygen atoms in total. The third kappa shape index (κ3) is 3.87. The number of imidazole rings is 1. The lowest BCUT2D eigenvalue weighted by Crippen LogP contribution is -2.34. The molecule has 0 saturated heterocycles. The fraction of sp³-hybridized carbons (Fsp3) is 0.176. The van der Waals surface area contributed by atoms with Crippen LogP contribution in [-0.2, 0) is 16.0 Å². The van der Waals surface area contributed by atoms with Gasteiger partial charge in [-0.25, -0.2) is 4.98 Å². The highest BCUT2D eigenvalue weighted by molar-refractivity contribution is 6.40. The standard InChI is InChI=1S/C17H15Cl2N5O3/c1-27-17(26)12(20)6-9-2-3-13(15-22-4-5-24(9)15)23-16(25)14-10(18)7-21-8-11(14)19/h2-5,7-8,12H,6,20H2,1H3,(H,23,25)/t12-/m0/s1. The Labute approximate surface area is 164 Å². The summed E-state index contributed by atoms with van der Waals surface area (Å²) in [6.45, 7) is 0. The molecule has 0 saturated carbocycles. The Kier molecular flexibility index (Phi) is 5.59. The minimum absolute atomic E-state index is 0.120. The number of esters is 1. The number of ether oxygens (including phenoxy) is 1. The number of hydrogen-bond acceptors (Lipinski definition) is 6. The normalized spacial score (nSPS) is 12.0. The number of nitrogens with two attached hydrogens (primary N) is 1. The molecule has 1 amide bonds. The van der Waals surface area contributed by atoms with Gasteiger partial charge in [0.05, 0.1) is 28.4 Å². The zero-order chi connectivity index (χ0) is 19.6. The summed E-state index contributed by atoms with van der Waals surface area (Å²) in [5.41, 5.74) is 7.62. The van der Waals surface area contributed by atoms with E-state index in [0.29, 0.717) is 11.3 Å². The first-order valence-electron chi connectivity index (χ1n) is 7.81. The molecule has 0 aliphatic carbocycles. The Morgan fingerprint density at radius 3 is 2.67 bits per heavy atom. The maximum Gasteiger partial charge on any atom is 0.323 e. The molecule has 0 spiro atoms. The molecule has 3 heterocycles. The van der Waals surface area contributed by atoms with Gasteiger partial charge in [0, 0.05) is 36.9 Å². The molecule has 1 atom stereocenters. The van der Waals surface area contributed by atoms with E-state index in [2.05, 4.69) is 20.0 Å². The van der Waals surface area contributed by atoms with Crippen LogP contribution >= 0.6 is 23.2 Å². The van der Waals surface area contributed by atoms with E-state index in [1.807, 2.05) is 0 Å². The number of carbonyl (C=O) groups is 2. The van der Waals surface area contributed by atoms with Crippen molar-refractivity contribution in [3.63, 3.8) is 0 Å². The summed E-state index contributed by atoms with van der Waals surface area (Å²) in [6, 6.07) is 2.60. The Hall–Kier alpha value is -2.68. The lowest BCUT2D eigenvalue weighted by Gasteiger charge is -2.14. The Morgan fingerprint density at radius 1 is 1.30 bits per heavy atom. The van der Waals surface area contributed by atoms with Crippen molar-refractivity contribution in [1.82, 2.24) is 14.4 Å². The van der Waals surface area contributed by atoms with Crippen molar-refractivity contribution >= 4 is 46.4 Å². The van der Waals surface area contributed by atoms with Crippen molar-refractivity contribution in [2.75, 3.05) is 12.4 Å². The van der Waals surface area contributed by atoms with Crippen LogP contribution in [0.5, 0.6) is 0 Å². The molecular formula is C17H15Cl2N5O3. The highest BCUT2D eigenvalue weighted by Crippen LogP contribution is 2.25. The molecule has 0 unspecified atom stereocenters. The maximum absolute atomic E-state index is 12.6. The first-order chi connectivity index (χ1) is 12.9. The van der Waals surface area contributed by atoms with Crippen LogP contribution in [0.15, 0.2) is 36.9 Å². The molecule has 0 aromatic carbocycles. The Morgan fingerprint density at radius 2 is 2.00 bits per heavy atom. The molecule has 3 aromatic heterocycles. The van der Waals surface area contributed by atoms with Gasteiger partial charge in [-0.15, -0.1) is 0 Å². The van der Waals surface area contributed by atoms with Gasteiger partial charge in [-0.1, -0.05) is 23.2 Å². The van der Waals surface area contributed by atoms with Crippen LogP contribution in [0, 0.1) is 0 Å². The van der Waals surface area contributed by atoms with Crippen molar-refractivity contribution in [3.05, 3.63) is 58.2 Å². The van der Waals surface area contributed by atoms with Gasteiger partial charge in [0.15, 0.2) is 5.65 Å². The average molecular weight is 408 g/mol. The second kappa shape index (κ2) is 7.91. The van der Waals surface area contributed by atoms with Crippen LogP contribution in [-0.4, -0.2) is 39.4 Å². The molecule has 10 heteroatoms. The van der Waals surface area contributed by atoms with Crippen molar-refractivity contribution in [1.29, 1.82) is 0 Å². The van der Waals surface area contributed by atoms with Gasteiger partial charge in [0.25, 0.3) is 5.91 Å². The largest absolute Gasteiger partial charge is 0.468 e. The van der Waals surface area contributed by atoms with Crippen molar-refractivity contribution < 1.29 is 14.3 Å². The molecule has 3 aromatic rings. The molecular weight excluding hydrogens is 393 g/mol. The van der Waals surface area contributed by atoms with E-state index in [4.69, 9.17) is 28.9 Å². The lowest BCUT2D eigenvalue weighted by atomic mass is 10.1. The highest BCUT2D eigenvalue weighted by Gasteiger charge is 2.19. The summed E-state index contributed by atoms with van der Waals surface area (Å²) in [7, 11) is 1.28. The second-order valence-electron chi connectivity index (χ2n) is 5.63. The third-order valence-corrected chi connectivity index (χ3v) is 4.47. The summed E-state index contributed by atoms with van der Waals surface area (Å²) >= 11 is 12.1. The third-order valence-electron chi connectivity index (χ3n) is 3.90. The van der Waals surface area contributed by atoms with Crippen molar-refractivity contribution in [3.8, 4) is 0 Å². The molecule has 27 heavy (non-hydrogen) atoms. The number of fused-ring (bicyclic) bond motifs is 1. The summed E-state index contributed by atoms with van der Waals surface area (Å²) in [6.07, 6.45) is 6.20. The number of halogens is 2. The van der Waals surface area contributed by atoms with Gasteiger partial charge in [-0.3, -0.25) is 14.6 Å². The van der Waals surface area contributed by atoms with Crippen molar-refractivity contribution in [2.45, 2.75) is 12.5 Å². The van der Waals surface area contributed by atoms with Crippen LogP contribution in [0.1, 0.15) is 16.1 Å². The van der Waals surface area contributed by atoms with Gasteiger partial charge in [-0.05, 0) is 12.1 Å². The second-order valence-corrected chi connectivity index (χ2v) is 6.44. The fourth-order valence-electron chi connectivity index (χ4n) is 2.61. The van der Waals surface area contributed by atoms with Crippen molar-refractivity contribution in [2.24, 2.45) is 5.73 Å². The van der Waals surface area contributed by atoms with Crippen LogP contribution in [0.3, 0.4) is 0 Å². The number of methoxy groups -OCH3 is 1. The predicted octanol–water partition coefficient (Wildman–Crippen LogP) is 2.33. The smallest absolute Gasteiger partial charge is 0.323 e. The van der Waals surface area contributed by atoms with E-state index in [0.717, 1.165) is 5.69 Å². The fourth-order valence-corrected chi connectivity index (χ4v) is 3.14. The van der Waals surface area contributed by atoms with Crippen LogP contribution in [0.4, 0.5) is 5.69 Å². The first-order valence-corrected chi connectivity index (χ1v) is 8.56. The van der Waals surface area contributed by atoms with Gasteiger partial charge >= 0.3 is 5.97 Å². The molecule has 140 valence electrons. The molecule has 0 radical (unpaired) electrons. The van der Waals surface area contributed by atoms with Gasteiger partial charge in [0.2, 0.25) is 0 Å². The molecule has 0 bridgehead atoms. The van der Waals surface area contributed by atoms with Crippen LogP contribution < -0.4 is 11.1 Å². The van der Waals surface area contributed by atoms with Crippen LogP contribution in [0.25, 0.3) is 5.65 Å². The maximum atomic E-state index is 12.6. The van der Waals surface area contributed by atoms with E-state index in [-0.39, 0.29) is 22.0 Å². The van der Waals surface area contributed by atoms with E-state index >= 15 is 0 Å². The average Bonchev–Trinajstić information content (AvgIpc) is 3.13. The predicted molar refractivity (Wildman–Crippen MR) is 101 cm³/mol. The quantitative estimate of drug-likeness (QED) is 0.627. The van der Waals surface area contributed by atoms with Crippen LogP contribution in [0.2, 0.25) is 10.0 Å². The lowest BCUT2D eigenvalue weighted by molar-refractivity contribution is -0.142. The first kappa shape index (κ1) is 19.1. The monoisotopic (exact) mass is 407 g/mol. The number of pyridine rings is 2. The SMILES string of the molecule is COC(=O)[C@@H](N)Cc1ccc(NC(=O)c2c(Cl)cncc2Cl)c2nccn12. The zero-order valence-corrected chi connectivity index (χ0v) is 15.7. The number of carbonyl (C=O) groups excluding carboxylic acids is 2. The number of nitrogens with zero attached hydrogens (tertiary/aromatic N) is 3. The van der Waals surface area contributed by atoms with E-state index in [9.17, 15) is 9.59 Å². The number of hydrogen-bond donors (Lipinski definition) is 2. The van der Waals surface area contributed by atoms with Gasteiger partial charge < -0.3 is 20.2 Å². The Bertz CT molecular complexity index is 1000. The Balaban J connectivity index is 1.91. The number of nitrogens with one attached hydrogen (secondary N) is 1. The molecule has 0 fully saturated rings. The summed E-state index contributed by atoms with van der Waals surface area (Å²) < 4.78 is 6.38. The van der Waals surface area contributed by atoms with Gasteiger partial charge in [-0.2, -0.15) is 0 Å².